The SMILES string of the molecule is NCc1ccc(Cl)c(S(=O)(=O)N(CC2CC2)C2CC2)c1. The predicted molar refractivity (Wildman–Crippen MR) is 79.0 cm³/mol. The molecule has 4 nitrogen and oxygen atoms in total. The summed E-state index contributed by atoms with van der Waals surface area (Å²) >= 11 is 6.11. The lowest BCUT2D eigenvalue weighted by molar-refractivity contribution is 0.389. The lowest BCUT2D eigenvalue weighted by Crippen LogP contribution is -2.35. The van der Waals surface area contributed by atoms with Crippen LogP contribution in [0, 0.1) is 5.92 Å². The topological polar surface area (TPSA) is 63.4 Å². The highest BCUT2D eigenvalue weighted by atomic mass is 35.5. The van der Waals surface area contributed by atoms with Crippen molar-refractivity contribution < 1.29 is 8.42 Å². The summed E-state index contributed by atoms with van der Waals surface area (Å²) in [6, 6.07) is 5.17. The molecule has 1 aromatic rings. The van der Waals surface area contributed by atoms with Gasteiger partial charge in [0.25, 0.3) is 0 Å². The minimum atomic E-state index is -3.51. The molecule has 0 radical (unpaired) electrons. The lowest BCUT2D eigenvalue weighted by Gasteiger charge is -2.22. The van der Waals surface area contributed by atoms with E-state index in [-0.39, 0.29) is 16.0 Å². The Morgan fingerprint density at radius 2 is 1.95 bits per heavy atom. The van der Waals surface area contributed by atoms with Crippen molar-refractivity contribution in [2.75, 3.05) is 6.54 Å². The molecule has 1 aromatic carbocycles. The third-order valence-corrected chi connectivity index (χ3v) is 6.31. The van der Waals surface area contributed by atoms with Crippen LogP contribution in [0.15, 0.2) is 23.1 Å². The normalized spacial score (nSPS) is 19.6. The van der Waals surface area contributed by atoms with Gasteiger partial charge in [-0.15, -0.1) is 0 Å². The summed E-state index contributed by atoms with van der Waals surface area (Å²) < 4.78 is 27.4. The molecule has 0 atom stereocenters. The van der Waals surface area contributed by atoms with Crippen molar-refractivity contribution in [2.45, 2.75) is 43.2 Å². The van der Waals surface area contributed by atoms with Gasteiger partial charge in [-0.2, -0.15) is 4.31 Å². The molecule has 20 heavy (non-hydrogen) atoms. The fourth-order valence-electron chi connectivity index (χ4n) is 2.36. The number of nitrogens with zero attached hydrogens (tertiary/aromatic N) is 1. The molecule has 0 aromatic heterocycles. The molecule has 2 saturated carbocycles. The molecule has 2 fully saturated rings. The maximum Gasteiger partial charge on any atom is 0.244 e. The molecule has 2 aliphatic rings. The van der Waals surface area contributed by atoms with E-state index in [1.807, 2.05) is 0 Å². The standard InChI is InChI=1S/C14H19ClN2O2S/c15-13-6-3-11(8-16)7-14(13)20(18,19)17(12-4-5-12)9-10-1-2-10/h3,6-7,10,12H,1-2,4-5,8-9,16H2. The van der Waals surface area contributed by atoms with Gasteiger partial charge < -0.3 is 5.73 Å². The highest BCUT2D eigenvalue weighted by Crippen LogP contribution is 2.39. The van der Waals surface area contributed by atoms with E-state index < -0.39 is 10.0 Å². The van der Waals surface area contributed by atoms with Crippen molar-refractivity contribution in [2.24, 2.45) is 11.7 Å². The highest BCUT2D eigenvalue weighted by molar-refractivity contribution is 7.89. The minimum absolute atomic E-state index is 0.165. The van der Waals surface area contributed by atoms with Gasteiger partial charge in [0.05, 0.1) is 5.02 Å². The zero-order valence-electron chi connectivity index (χ0n) is 11.3. The Morgan fingerprint density at radius 1 is 1.25 bits per heavy atom. The average molecular weight is 315 g/mol. The summed E-state index contributed by atoms with van der Waals surface area (Å²) in [5.41, 5.74) is 6.39. The number of halogens is 1. The fourth-order valence-corrected chi connectivity index (χ4v) is 4.65. The molecular weight excluding hydrogens is 296 g/mol. The number of nitrogens with two attached hydrogens (primary N) is 1. The zero-order valence-corrected chi connectivity index (χ0v) is 12.8. The second-order valence-electron chi connectivity index (χ2n) is 5.72. The van der Waals surface area contributed by atoms with Crippen LogP contribution in [0.2, 0.25) is 5.02 Å². The predicted octanol–water partition coefficient (Wildman–Crippen LogP) is 2.36. The molecular formula is C14H19ClN2O2S. The summed E-state index contributed by atoms with van der Waals surface area (Å²) in [6.07, 6.45) is 4.19. The first-order chi connectivity index (χ1) is 9.52. The second-order valence-corrected chi connectivity index (χ2v) is 7.98. The van der Waals surface area contributed by atoms with Gasteiger partial charge >= 0.3 is 0 Å². The van der Waals surface area contributed by atoms with Crippen molar-refractivity contribution >= 4 is 21.6 Å². The Kier molecular flexibility index (Phi) is 3.79. The molecule has 6 heteroatoms. The Morgan fingerprint density at radius 3 is 2.50 bits per heavy atom. The van der Waals surface area contributed by atoms with Crippen LogP contribution in [0.4, 0.5) is 0 Å². The Labute approximate surface area is 125 Å². The van der Waals surface area contributed by atoms with Gasteiger partial charge in [-0.1, -0.05) is 17.7 Å². The molecule has 0 amide bonds. The van der Waals surface area contributed by atoms with Crippen LogP contribution < -0.4 is 5.73 Å². The van der Waals surface area contributed by atoms with E-state index in [4.69, 9.17) is 17.3 Å². The van der Waals surface area contributed by atoms with Crippen LogP contribution >= 0.6 is 11.6 Å². The first-order valence-electron chi connectivity index (χ1n) is 7.02. The summed E-state index contributed by atoms with van der Waals surface area (Å²) in [6.45, 7) is 0.946. The molecule has 2 N–H and O–H groups in total. The molecule has 3 rings (SSSR count). The van der Waals surface area contributed by atoms with Crippen LogP contribution in [0.3, 0.4) is 0 Å². The van der Waals surface area contributed by atoms with Gasteiger partial charge in [0.2, 0.25) is 10.0 Å². The maximum atomic E-state index is 12.9. The monoisotopic (exact) mass is 314 g/mol. The minimum Gasteiger partial charge on any atom is -0.326 e. The van der Waals surface area contributed by atoms with Gasteiger partial charge in [0.1, 0.15) is 4.90 Å². The van der Waals surface area contributed by atoms with Gasteiger partial charge in [-0.05, 0) is 49.3 Å². The van der Waals surface area contributed by atoms with Crippen molar-refractivity contribution in [3.63, 3.8) is 0 Å². The fraction of sp³-hybridized carbons (Fsp3) is 0.571. The van der Waals surface area contributed by atoms with Crippen molar-refractivity contribution in [3.05, 3.63) is 28.8 Å². The Bertz CT molecular complexity index is 610. The van der Waals surface area contributed by atoms with Crippen LogP contribution in [0.5, 0.6) is 0 Å². The number of sulfonamides is 1. The Hall–Kier alpha value is -0.620. The van der Waals surface area contributed by atoms with Crippen LogP contribution in [0.1, 0.15) is 31.2 Å². The average Bonchev–Trinajstić information content (AvgIpc) is 3.28. The van der Waals surface area contributed by atoms with Crippen molar-refractivity contribution in [3.8, 4) is 0 Å². The summed E-state index contributed by atoms with van der Waals surface area (Å²) in [4.78, 5) is 0.203. The molecule has 0 aliphatic heterocycles. The number of hydrogen-bond acceptors (Lipinski definition) is 3. The molecule has 2 aliphatic carbocycles. The van der Waals surface area contributed by atoms with E-state index in [0.717, 1.165) is 31.2 Å². The largest absolute Gasteiger partial charge is 0.326 e. The maximum absolute atomic E-state index is 12.9. The van der Waals surface area contributed by atoms with Gasteiger partial charge in [0.15, 0.2) is 0 Å². The summed E-state index contributed by atoms with van der Waals surface area (Å²) in [5, 5.41) is 0.281. The molecule has 0 unspecified atom stereocenters. The van der Waals surface area contributed by atoms with E-state index in [0.29, 0.717) is 19.0 Å². The first kappa shape index (κ1) is 14.3. The van der Waals surface area contributed by atoms with E-state index in [1.165, 1.54) is 0 Å². The Balaban J connectivity index is 1.96. The molecule has 0 bridgehead atoms. The number of benzene rings is 1. The first-order valence-corrected chi connectivity index (χ1v) is 8.84. The smallest absolute Gasteiger partial charge is 0.244 e. The summed E-state index contributed by atoms with van der Waals surface area (Å²) in [7, 11) is -3.51. The van der Waals surface area contributed by atoms with Crippen LogP contribution in [-0.2, 0) is 16.6 Å². The van der Waals surface area contributed by atoms with Crippen molar-refractivity contribution in [1.82, 2.24) is 4.31 Å². The van der Waals surface area contributed by atoms with Gasteiger partial charge in [-0.25, -0.2) is 8.42 Å². The zero-order chi connectivity index (χ0) is 14.3. The van der Waals surface area contributed by atoms with Gasteiger partial charge in [0, 0.05) is 19.1 Å². The van der Waals surface area contributed by atoms with Gasteiger partial charge in [-0.3, -0.25) is 0 Å². The van der Waals surface area contributed by atoms with Crippen LogP contribution in [-0.4, -0.2) is 25.3 Å². The van der Waals surface area contributed by atoms with E-state index >= 15 is 0 Å². The van der Waals surface area contributed by atoms with E-state index in [2.05, 4.69) is 0 Å². The summed E-state index contributed by atoms with van der Waals surface area (Å²) in [5.74, 6) is 0.529. The van der Waals surface area contributed by atoms with Crippen molar-refractivity contribution in [1.29, 1.82) is 0 Å². The molecule has 0 saturated heterocycles. The number of rotatable bonds is 6. The quantitative estimate of drug-likeness (QED) is 0.876. The lowest BCUT2D eigenvalue weighted by atomic mass is 10.2. The second kappa shape index (κ2) is 5.30. The van der Waals surface area contributed by atoms with E-state index in [9.17, 15) is 8.42 Å². The third-order valence-electron chi connectivity index (χ3n) is 3.91. The molecule has 110 valence electrons. The van der Waals surface area contributed by atoms with Crippen LogP contribution in [0.25, 0.3) is 0 Å². The molecule has 0 spiro atoms. The molecule has 0 heterocycles. The van der Waals surface area contributed by atoms with E-state index in [1.54, 1.807) is 22.5 Å². The highest BCUT2D eigenvalue weighted by Gasteiger charge is 2.41. The number of hydrogen-bond donors (Lipinski definition) is 1. The third kappa shape index (κ3) is 2.86.